The summed E-state index contributed by atoms with van der Waals surface area (Å²) in [7, 11) is 1.69. The van der Waals surface area contributed by atoms with Crippen LogP contribution in [-0.2, 0) is 0 Å². The van der Waals surface area contributed by atoms with Crippen molar-refractivity contribution in [2.24, 2.45) is 0 Å². The summed E-state index contributed by atoms with van der Waals surface area (Å²) in [5, 5.41) is 0. The van der Waals surface area contributed by atoms with Crippen molar-refractivity contribution >= 4 is 5.69 Å². The number of hydrogen-bond acceptors (Lipinski definition) is 3. The molecule has 2 aromatic rings. The monoisotopic (exact) mass is 285 g/mol. The molecule has 0 aliphatic rings. The van der Waals surface area contributed by atoms with E-state index in [1.54, 1.807) is 7.11 Å². The van der Waals surface area contributed by atoms with Crippen LogP contribution in [0.4, 0.5) is 5.69 Å². The minimum Gasteiger partial charge on any atom is -0.496 e. The molecule has 2 rings (SSSR count). The molecule has 0 amide bonds. The van der Waals surface area contributed by atoms with Crippen LogP contribution in [0.15, 0.2) is 30.3 Å². The highest BCUT2D eigenvalue weighted by Crippen LogP contribution is 2.35. The van der Waals surface area contributed by atoms with Crippen LogP contribution in [0.3, 0.4) is 0 Å². The van der Waals surface area contributed by atoms with Crippen molar-refractivity contribution < 1.29 is 9.47 Å². The van der Waals surface area contributed by atoms with Gasteiger partial charge in [0.25, 0.3) is 0 Å². The molecule has 0 bridgehead atoms. The second kappa shape index (κ2) is 6.08. The van der Waals surface area contributed by atoms with E-state index in [1.165, 1.54) is 0 Å². The van der Waals surface area contributed by atoms with Crippen molar-refractivity contribution in [1.82, 2.24) is 0 Å². The maximum Gasteiger partial charge on any atom is 0.133 e. The number of benzene rings is 2. The van der Waals surface area contributed by atoms with Gasteiger partial charge in [-0.05, 0) is 61.2 Å². The largest absolute Gasteiger partial charge is 0.496 e. The molecule has 0 saturated heterocycles. The minimum absolute atomic E-state index is 0.372. The number of nitrogen functional groups attached to an aromatic ring is 1. The summed E-state index contributed by atoms with van der Waals surface area (Å²) in [6.45, 7) is 8.29. The Hall–Kier alpha value is -2.16. The lowest BCUT2D eigenvalue weighted by atomic mass is 10.0. The third-order valence-electron chi connectivity index (χ3n) is 3.53. The van der Waals surface area contributed by atoms with Gasteiger partial charge in [-0.1, -0.05) is 13.8 Å². The molecule has 0 aliphatic heterocycles. The van der Waals surface area contributed by atoms with Gasteiger partial charge < -0.3 is 15.2 Å². The maximum atomic E-state index is 6.07. The molecule has 0 spiro atoms. The summed E-state index contributed by atoms with van der Waals surface area (Å²) in [5.41, 5.74) is 9.82. The van der Waals surface area contributed by atoms with Gasteiger partial charge in [-0.25, -0.2) is 0 Å². The van der Waals surface area contributed by atoms with E-state index >= 15 is 0 Å². The molecule has 0 atom stereocenters. The fourth-order valence-corrected chi connectivity index (χ4v) is 2.49. The fraction of sp³-hybridized carbons (Fsp3) is 0.333. The van der Waals surface area contributed by atoms with Crippen LogP contribution in [0.25, 0.3) is 0 Å². The molecular weight excluding hydrogens is 262 g/mol. The van der Waals surface area contributed by atoms with E-state index < -0.39 is 0 Å². The van der Waals surface area contributed by atoms with Gasteiger partial charge >= 0.3 is 0 Å². The van der Waals surface area contributed by atoms with Crippen molar-refractivity contribution in [3.63, 3.8) is 0 Å². The Bertz CT molecular complexity index is 625. The molecule has 2 N–H and O–H groups in total. The van der Waals surface area contributed by atoms with Crippen LogP contribution in [0.1, 0.15) is 36.5 Å². The molecule has 0 aliphatic carbocycles. The summed E-state index contributed by atoms with van der Waals surface area (Å²) in [6.07, 6.45) is 0. The number of anilines is 1. The van der Waals surface area contributed by atoms with Crippen LogP contribution in [0.2, 0.25) is 0 Å². The topological polar surface area (TPSA) is 44.5 Å². The zero-order chi connectivity index (χ0) is 15.6. The molecule has 2 aromatic carbocycles. The summed E-state index contributed by atoms with van der Waals surface area (Å²) in [5.74, 6) is 2.94. The first-order valence-electron chi connectivity index (χ1n) is 7.15. The van der Waals surface area contributed by atoms with Crippen molar-refractivity contribution in [3.8, 4) is 17.2 Å². The van der Waals surface area contributed by atoms with Gasteiger partial charge in [0.2, 0.25) is 0 Å². The van der Waals surface area contributed by atoms with Crippen molar-refractivity contribution in [2.75, 3.05) is 12.8 Å². The number of aryl methyl sites for hydroxylation is 2. The highest BCUT2D eigenvalue weighted by atomic mass is 16.5. The number of rotatable bonds is 4. The predicted octanol–water partition coefficient (Wildman–Crippen LogP) is 4.81. The Kier molecular flexibility index (Phi) is 4.41. The Balaban J connectivity index is 2.39. The molecule has 0 fully saturated rings. The maximum absolute atomic E-state index is 6.07. The Morgan fingerprint density at radius 3 is 2.14 bits per heavy atom. The fourth-order valence-electron chi connectivity index (χ4n) is 2.49. The molecule has 0 radical (unpaired) electrons. The molecule has 0 unspecified atom stereocenters. The van der Waals surface area contributed by atoms with E-state index in [0.29, 0.717) is 5.92 Å². The smallest absolute Gasteiger partial charge is 0.133 e. The van der Waals surface area contributed by atoms with Gasteiger partial charge in [0.15, 0.2) is 0 Å². The third-order valence-corrected chi connectivity index (χ3v) is 3.53. The van der Waals surface area contributed by atoms with Crippen LogP contribution in [0.5, 0.6) is 17.2 Å². The van der Waals surface area contributed by atoms with E-state index in [0.717, 1.165) is 39.6 Å². The van der Waals surface area contributed by atoms with Gasteiger partial charge in [0.1, 0.15) is 17.2 Å². The van der Waals surface area contributed by atoms with Crippen LogP contribution in [-0.4, -0.2) is 7.11 Å². The summed E-state index contributed by atoms with van der Waals surface area (Å²) in [6, 6.07) is 9.77. The average molecular weight is 285 g/mol. The lowest BCUT2D eigenvalue weighted by molar-refractivity contribution is 0.405. The molecule has 0 saturated carbocycles. The van der Waals surface area contributed by atoms with Gasteiger partial charge in [-0.15, -0.1) is 0 Å². The zero-order valence-electron chi connectivity index (χ0n) is 13.4. The van der Waals surface area contributed by atoms with E-state index in [1.807, 2.05) is 44.2 Å². The number of methoxy groups -OCH3 is 1. The second-order valence-corrected chi connectivity index (χ2v) is 5.64. The van der Waals surface area contributed by atoms with Crippen molar-refractivity contribution in [3.05, 3.63) is 47.0 Å². The van der Waals surface area contributed by atoms with E-state index in [9.17, 15) is 0 Å². The molecule has 3 heteroatoms. The number of ether oxygens (including phenoxy) is 2. The third kappa shape index (κ3) is 3.30. The lowest BCUT2D eigenvalue weighted by Gasteiger charge is -2.16. The highest BCUT2D eigenvalue weighted by molar-refractivity contribution is 5.54. The summed E-state index contributed by atoms with van der Waals surface area (Å²) in [4.78, 5) is 0. The first kappa shape index (κ1) is 15.2. The summed E-state index contributed by atoms with van der Waals surface area (Å²) >= 11 is 0. The SMILES string of the molecule is COc1ccc(Oc2c(C)cc(N)cc2C)cc1C(C)C. The lowest BCUT2D eigenvalue weighted by Crippen LogP contribution is -1.97. The Labute approximate surface area is 126 Å². The Morgan fingerprint density at radius 2 is 1.62 bits per heavy atom. The van der Waals surface area contributed by atoms with Crippen LogP contribution >= 0.6 is 0 Å². The first-order chi connectivity index (χ1) is 9.92. The quantitative estimate of drug-likeness (QED) is 0.820. The van der Waals surface area contributed by atoms with E-state index in [-0.39, 0.29) is 0 Å². The van der Waals surface area contributed by atoms with Crippen LogP contribution < -0.4 is 15.2 Å². The molecule has 0 aromatic heterocycles. The van der Waals surface area contributed by atoms with Crippen molar-refractivity contribution in [2.45, 2.75) is 33.6 Å². The van der Waals surface area contributed by atoms with E-state index in [4.69, 9.17) is 15.2 Å². The Morgan fingerprint density at radius 1 is 1.00 bits per heavy atom. The zero-order valence-corrected chi connectivity index (χ0v) is 13.4. The van der Waals surface area contributed by atoms with E-state index in [2.05, 4.69) is 13.8 Å². The molecule has 112 valence electrons. The second-order valence-electron chi connectivity index (χ2n) is 5.64. The number of hydrogen-bond donors (Lipinski definition) is 1. The normalized spacial score (nSPS) is 10.8. The minimum atomic E-state index is 0.372. The molecular formula is C18H23NO2. The number of nitrogens with two attached hydrogens (primary N) is 1. The summed E-state index contributed by atoms with van der Waals surface area (Å²) < 4.78 is 11.5. The standard InChI is InChI=1S/C18H23NO2/c1-11(2)16-10-15(6-7-17(16)20-5)21-18-12(3)8-14(19)9-13(18)4/h6-11H,19H2,1-5H3. The van der Waals surface area contributed by atoms with Crippen molar-refractivity contribution in [1.29, 1.82) is 0 Å². The highest BCUT2D eigenvalue weighted by Gasteiger charge is 2.11. The van der Waals surface area contributed by atoms with Gasteiger partial charge in [-0.2, -0.15) is 0 Å². The molecule has 3 nitrogen and oxygen atoms in total. The predicted molar refractivity (Wildman–Crippen MR) is 87.5 cm³/mol. The van der Waals surface area contributed by atoms with Gasteiger partial charge in [0.05, 0.1) is 7.11 Å². The average Bonchev–Trinajstić information content (AvgIpc) is 2.42. The van der Waals surface area contributed by atoms with Crippen LogP contribution in [0, 0.1) is 13.8 Å². The van der Waals surface area contributed by atoms with Gasteiger partial charge in [-0.3, -0.25) is 0 Å². The molecule has 0 heterocycles. The van der Waals surface area contributed by atoms with Gasteiger partial charge in [0, 0.05) is 11.3 Å². The first-order valence-corrected chi connectivity index (χ1v) is 7.15. The molecule has 21 heavy (non-hydrogen) atoms.